The standard InChI is InChI=1S/C15H13ClN2O3S3/c1-15(2)13(19)18(10-6-4-3-5-7-10)14(23-15)17-24(20,21)12-9-8-11(16)22-12/h3-9H,1-2H3. The number of rotatable bonds is 3. The monoisotopic (exact) mass is 400 g/mol. The Balaban J connectivity index is 2.09. The van der Waals surface area contributed by atoms with Gasteiger partial charge in [0.15, 0.2) is 5.17 Å². The highest BCUT2D eigenvalue weighted by atomic mass is 35.5. The number of sulfonamides is 1. The minimum Gasteiger partial charge on any atom is -0.272 e. The van der Waals surface area contributed by atoms with Gasteiger partial charge in [-0.1, -0.05) is 41.6 Å². The first kappa shape index (κ1) is 17.5. The minimum atomic E-state index is -3.93. The largest absolute Gasteiger partial charge is 0.294 e. The van der Waals surface area contributed by atoms with Crippen LogP contribution in [0.15, 0.2) is 51.1 Å². The fourth-order valence-electron chi connectivity index (χ4n) is 2.12. The molecule has 0 atom stereocenters. The summed E-state index contributed by atoms with van der Waals surface area (Å²) in [7, 11) is -3.93. The van der Waals surface area contributed by atoms with Gasteiger partial charge in [-0.3, -0.25) is 9.69 Å². The minimum absolute atomic E-state index is 0.0470. The van der Waals surface area contributed by atoms with E-state index in [-0.39, 0.29) is 15.3 Å². The Morgan fingerprint density at radius 1 is 1.12 bits per heavy atom. The number of amides is 1. The Bertz CT molecular complexity index is 920. The molecule has 0 spiro atoms. The summed E-state index contributed by atoms with van der Waals surface area (Å²) in [5.74, 6) is -0.211. The fraction of sp³-hybridized carbons (Fsp3) is 0.200. The van der Waals surface area contributed by atoms with Crippen LogP contribution < -0.4 is 4.90 Å². The Hall–Kier alpha value is -1.35. The number of benzene rings is 1. The highest BCUT2D eigenvalue weighted by Gasteiger charge is 2.46. The Kier molecular flexibility index (Phi) is 4.50. The van der Waals surface area contributed by atoms with Crippen LogP contribution in [0.3, 0.4) is 0 Å². The summed E-state index contributed by atoms with van der Waals surface area (Å²) in [6, 6.07) is 11.8. The quantitative estimate of drug-likeness (QED) is 0.780. The number of carbonyl (C=O) groups is 1. The van der Waals surface area contributed by atoms with Crippen LogP contribution in [0.4, 0.5) is 5.69 Å². The van der Waals surface area contributed by atoms with Crippen molar-refractivity contribution in [3.63, 3.8) is 0 Å². The molecule has 0 saturated carbocycles. The van der Waals surface area contributed by atoms with E-state index in [1.54, 1.807) is 38.1 Å². The average Bonchev–Trinajstić information content (AvgIpc) is 3.03. The van der Waals surface area contributed by atoms with Crippen LogP contribution in [-0.2, 0) is 14.8 Å². The number of carbonyl (C=O) groups excluding carboxylic acids is 1. The predicted octanol–water partition coefficient (Wildman–Crippen LogP) is 4.00. The van der Waals surface area contributed by atoms with Gasteiger partial charge in [-0.15, -0.1) is 15.7 Å². The molecule has 1 aromatic heterocycles. The SMILES string of the molecule is CC1(C)SC(=NS(=O)(=O)c2ccc(Cl)s2)N(c2ccccc2)C1=O. The zero-order chi connectivity index (χ0) is 17.5. The van der Waals surface area contributed by atoms with Gasteiger partial charge in [-0.2, -0.15) is 8.42 Å². The number of amidine groups is 1. The van der Waals surface area contributed by atoms with Crippen LogP contribution in [0.1, 0.15) is 13.8 Å². The molecule has 1 aliphatic heterocycles. The first-order valence-corrected chi connectivity index (χ1v) is 10.3. The van der Waals surface area contributed by atoms with Crippen molar-refractivity contribution in [2.75, 3.05) is 4.90 Å². The van der Waals surface area contributed by atoms with Crippen molar-refractivity contribution in [3.8, 4) is 0 Å². The summed E-state index contributed by atoms with van der Waals surface area (Å²) in [5, 5.41) is 0.140. The third-order valence-corrected chi connectivity index (χ3v) is 7.49. The third-order valence-electron chi connectivity index (χ3n) is 3.27. The van der Waals surface area contributed by atoms with Crippen molar-refractivity contribution in [3.05, 3.63) is 46.8 Å². The van der Waals surface area contributed by atoms with Crippen LogP contribution in [-0.4, -0.2) is 24.2 Å². The van der Waals surface area contributed by atoms with Crippen molar-refractivity contribution >= 4 is 61.5 Å². The average molecular weight is 401 g/mol. The van der Waals surface area contributed by atoms with Gasteiger partial charge in [0.2, 0.25) is 5.91 Å². The third kappa shape index (κ3) is 3.23. The normalized spacial score (nSPS) is 19.2. The molecule has 1 saturated heterocycles. The lowest BCUT2D eigenvalue weighted by molar-refractivity contribution is -0.118. The van der Waals surface area contributed by atoms with E-state index in [0.717, 1.165) is 23.1 Å². The van der Waals surface area contributed by atoms with E-state index in [4.69, 9.17) is 11.6 Å². The second-order valence-electron chi connectivity index (χ2n) is 5.50. The van der Waals surface area contributed by atoms with Gasteiger partial charge in [0.25, 0.3) is 10.0 Å². The second kappa shape index (κ2) is 6.18. The van der Waals surface area contributed by atoms with Gasteiger partial charge in [-0.05, 0) is 38.1 Å². The molecule has 2 heterocycles. The zero-order valence-corrected chi connectivity index (χ0v) is 16.0. The smallest absolute Gasteiger partial charge is 0.272 e. The zero-order valence-electron chi connectivity index (χ0n) is 12.8. The molecule has 0 radical (unpaired) electrons. The molecule has 1 aromatic carbocycles. The molecule has 9 heteroatoms. The Labute approximate surface area is 153 Å². The number of halogens is 1. The molecule has 24 heavy (non-hydrogen) atoms. The summed E-state index contributed by atoms with van der Waals surface area (Å²) in [5.41, 5.74) is 0.582. The summed E-state index contributed by atoms with van der Waals surface area (Å²) in [4.78, 5) is 14.0. The highest BCUT2D eigenvalue weighted by molar-refractivity contribution is 8.17. The van der Waals surface area contributed by atoms with E-state index < -0.39 is 14.8 Å². The maximum atomic E-state index is 12.7. The topological polar surface area (TPSA) is 66.8 Å². The predicted molar refractivity (Wildman–Crippen MR) is 99.5 cm³/mol. The Morgan fingerprint density at radius 2 is 1.79 bits per heavy atom. The summed E-state index contributed by atoms with van der Waals surface area (Å²) in [6.45, 7) is 3.49. The lowest BCUT2D eigenvalue weighted by Crippen LogP contribution is -2.36. The first-order chi connectivity index (χ1) is 11.2. The van der Waals surface area contributed by atoms with Crippen molar-refractivity contribution < 1.29 is 13.2 Å². The second-order valence-corrected chi connectivity index (χ2v) is 10.6. The number of para-hydroxylation sites is 1. The molecule has 5 nitrogen and oxygen atoms in total. The highest BCUT2D eigenvalue weighted by Crippen LogP contribution is 2.40. The van der Waals surface area contributed by atoms with Crippen molar-refractivity contribution in [2.24, 2.45) is 4.40 Å². The van der Waals surface area contributed by atoms with E-state index >= 15 is 0 Å². The van der Waals surface area contributed by atoms with Gasteiger partial charge in [0.1, 0.15) is 4.21 Å². The van der Waals surface area contributed by atoms with E-state index in [9.17, 15) is 13.2 Å². The molecule has 1 aliphatic rings. The maximum Gasteiger partial charge on any atom is 0.294 e. The number of thioether (sulfide) groups is 1. The van der Waals surface area contributed by atoms with Crippen LogP contribution >= 0.6 is 34.7 Å². The first-order valence-electron chi connectivity index (χ1n) is 6.90. The molecule has 2 aromatic rings. The molecule has 1 amide bonds. The van der Waals surface area contributed by atoms with Crippen molar-refractivity contribution in [1.29, 1.82) is 0 Å². The molecular formula is C15H13ClN2O3S3. The van der Waals surface area contributed by atoms with Crippen molar-refractivity contribution in [2.45, 2.75) is 22.8 Å². The van der Waals surface area contributed by atoms with Gasteiger partial charge in [0.05, 0.1) is 14.8 Å². The summed E-state index contributed by atoms with van der Waals surface area (Å²) < 4.78 is 28.5. The molecule has 0 N–H and O–H groups in total. The summed E-state index contributed by atoms with van der Waals surface area (Å²) in [6.07, 6.45) is 0. The summed E-state index contributed by atoms with van der Waals surface area (Å²) >= 11 is 7.87. The van der Waals surface area contributed by atoms with E-state index in [2.05, 4.69) is 4.40 Å². The number of hydrogen-bond donors (Lipinski definition) is 0. The number of nitrogens with zero attached hydrogens (tertiary/aromatic N) is 2. The van der Waals surface area contributed by atoms with Gasteiger partial charge >= 0.3 is 0 Å². The van der Waals surface area contributed by atoms with E-state index in [1.807, 2.05) is 6.07 Å². The number of anilines is 1. The van der Waals surface area contributed by atoms with Crippen LogP contribution in [0.2, 0.25) is 4.34 Å². The lowest BCUT2D eigenvalue weighted by atomic mass is 10.1. The molecule has 0 bridgehead atoms. The van der Waals surface area contributed by atoms with E-state index in [0.29, 0.717) is 10.0 Å². The molecule has 3 rings (SSSR count). The van der Waals surface area contributed by atoms with Gasteiger partial charge in [0, 0.05) is 0 Å². The van der Waals surface area contributed by atoms with Crippen molar-refractivity contribution in [1.82, 2.24) is 0 Å². The number of thiophene rings is 1. The fourth-order valence-corrected chi connectivity index (χ4v) is 5.81. The van der Waals surface area contributed by atoms with Crippen LogP contribution in [0.25, 0.3) is 0 Å². The molecule has 0 aliphatic carbocycles. The molecule has 0 unspecified atom stereocenters. The van der Waals surface area contributed by atoms with Crippen LogP contribution in [0, 0.1) is 0 Å². The van der Waals surface area contributed by atoms with Crippen LogP contribution in [0.5, 0.6) is 0 Å². The van der Waals surface area contributed by atoms with E-state index in [1.165, 1.54) is 17.0 Å². The molecular weight excluding hydrogens is 388 g/mol. The van der Waals surface area contributed by atoms with Gasteiger partial charge < -0.3 is 0 Å². The lowest BCUT2D eigenvalue weighted by Gasteiger charge is -2.17. The maximum absolute atomic E-state index is 12.7. The molecule has 126 valence electrons. The molecule has 1 fully saturated rings. The van der Waals surface area contributed by atoms with Gasteiger partial charge in [-0.25, -0.2) is 0 Å². The Morgan fingerprint density at radius 3 is 2.38 bits per heavy atom. The number of hydrogen-bond acceptors (Lipinski definition) is 5.